The summed E-state index contributed by atoms with van der Waals surface area (Å²) in [7, 11) is 0. The molecule has 0 aliphatic carbocycles. The van der Waals surface area contributed by atoms with Crippen LogP contribution in [0.4, 0.5) is 0 Å². The standard InChI is InChI=1S/C6H8NS.Sn/c1-5(7)6-3-2-4-8-6;/h2,4-5H,7H2,1H3;. The Morgan fingerprint density at radius 3 is 2.67 bits per heavy atom. The first kappa shape index (κ1) is 7.56. The Morgan fingerprint density at radius 1 is 1.78 bits per heavy atom. The molecule has 47 valence electrons. The molecule has 2 N–H and O–H groups in total. The molecule has 0 amide bonds. The van der Waals surface area contributed by atoms with Crippen LogP contribution in [0.2, 0.25) is 0 Å². The predicted octanol–water partition coefficient (Wildman–Crippen LogP) is 0.562. The molecule has 3 heteroatoms. The third kappa shape index (κ3) is 1.69. The van der Waals surface area contributed by atoms with Gasteiger partial charge >= 0.3 is 72.5 Å². The van der Waals surface area contributed by atoms with E-state index in [9.17, 15) is 0 Å². The van der Waals surface area contributed by atoms with E-state index in [0.29, 0.717) is 0 Å². The molecule has 1 nitrogen and oxygen atoms in total. The monoisotopic (exact) mass is 246 g/mol. The molecular weight excluding hydrogens is 237 g/mol. The van der Waals surface area contributed by atoms with Gasteiger partial charge in [-0.15, -0.1) is 0 Å². The normalized spacial score (nSPS) is 13.7. The van der Waals surface area contributed by atoms with E-state index >= 15 is 0 Å². The van der Waals surface area contributed by atoms with Crippen molar-refractivity contribution in [3.8, 4) is 0 Å². The number of rotatable bonds is 1. The summed E-state index contributed by atoms with van der Waals surface area (Å²) < 4.78 is 1.40. The second-order valence-electron chi connectivity index (χ2n) is 1.99. The van der Waals surface area contributed by atoms with Gasteiger partial charge in [0.05, 0.1) is 0 Å². The Bertz CT molecular complexity index is 195. The third-order valence-electron chi connectivity index (χ3n) is 1.11. The van der Waals surface area contributed by atoms with Gasteiger partial charge in [0.25, 0.3) is 0 Å². The molecule has 1 rings (SSSR count). The maximum absolute atomic E-state index is 5.68. The van der Waals surface area contributed by atoms with Gasteiger partial charge in [-0.1, -0.05) is 0 Å². The van der Waals surface area contributed by atoms with Crippen LogP contribution in [-0.2, 0) is 0 Å². The number of hydrogen-bond donors (Lipinski definition) is 1. The summed E-state index contributed by atoms with van der Waals surface area (Å²) in [5.41, 5.74) is 5.68. The minimum atomic E-state index is 0.222. The van der Waals surface area contributed by atoms with E-state index in [1.165, 1.54) is 31.0 Å². The second kappa shape index (κ2) is 3.03. The van der Waals surface area contributed by atoms with Crippen LogP contribution in [0.15, 0.2) is 11.4 Å². The Hall–Kier alpha value is 0.459. The zero-order valence-electron chi connectivity index (χ0n) is 5.22. The molecule has 1 heterocycles. The van der Waals surface area contributed by atoms with Crippen molar-refractivity contribution in [1.82, 2.24) is 0 Å². The van der Waals surface area contributed by atoms with Crippen LogP contribution in [-0.4, -0.2) is 22.5 Å². The molecule has 1 unspecified atom stereocenters. The fraction of sp³-hybridized carbons (Fsp3) is 0.333. The Kier molecular flexibility index (Phi) is 2.55. The van der Waals surface area contributed by atoms with Gasteiger partial charge in [-0.25, -0.2) is 0 Å². The third-order valence-corrected chi connectivity index (χ3v) is 3.99. The second-order valence-corrected chi connectivity index (χ2v) is 4.47. The van der Waals surface area contributed by atoms with Gasteiger partial charge in [0, 0.05) is 0 Å². The molecule has 0 saturated carbocycles. The zero-order chi connectivity index (χ0) is 6.85. The fourth-order valence-electron chi connectivity index (χ4n) is 0.674. The first-order valence-electron chi connectivity index (χ1n) is 2.76. The minimum absolute atomic E-state index is 0.222. The van der Waals surface area contributed by atoms with Gasteiger partial charge in [-0.05, 0) is 0 Å². The van der Waals surface area contributed by atoms with E-state index in [4.69, 9.17) is 5.73 Å². The molecular formula is C6H8NSSn. The Labute approximate surface area is 72.4 Å². The molecule has 0 saturated heterocycles. The summed E-state index contributed by atoms with van der Waals surface area (Å²) in [5, 5.41) is 2.10. The quantitative estimate of drug-likeness (QED) is 0.719. The predicted molar refractivity (Wildman–Crippen MR) is 42.3 cm³/mol. The van der Waals surface area contributed by atoms with Crippen LogP contribution in [0.5, 0.6) is 0 Å². The van der Waals surface area contributed by atoms with Gasteiger partial charge in [0.15, 0.2) is 0 Å². The Morgan fingerprint density at radius 2 is 2.44 bits per heavy atom. The maximum atomic E-state index is 5.68. The first-order valence-corrected chi connectivity index (χ1v) is 5.07. The van der Waals surface area contributed by atoms with E-state index in [0.717, 1.165) is 0 Å². The topological polar surface area (TPSA) is 26.0 Å². The molecule has 1 aromatic rings. The Balaban J connectivity index is 2.94. The van der Waals surface area contributed by atoms with E-state index in [-0.39, 0.29) is 6.04 Å². The number of thiophene rings is 1. The van der Waals surface area contributed by atoms with Gasteiger partial charge in [0.2, 0.25) is 0 Å². The van der Waals surface area contributed by atoms with Crippen LogP contribution in [0.25, 0.3) is 0 Å². The molecule has 1 aromatic heterocycles. The van der Waals surface area contributed by atoms with Crippen LogP contribution in [0.1, 0.15) is 17.8 Å². The average molecular weight is 245 g/mol. The van der Waals surface area contributed by atoms with E-state index < -0.39 is 0 Å². The summed E-state index contributed by atoms with van der Waals surface area (Å²) in [6, 6.07) is 2.36. The summed E-state index contributed by atoms with van der Waals surface area (Å²) in [6.45, 7) is 2.03. The van der Waals surface area contributed by atoms with Crippen molar-refractivity contribution in [2.24, 2.45) is 5.73 Å². The number of hydrogen-bond acceptors (Lipinski definition) is 2. The van der Waals surface area contributed by atoms with Gasteiger partial charge in [0.1, 0.15) is 0 Å². The van der Waals surface area contributed by atoms with Crippen molar-refractivity contribution in [2.45, 2.75) is 13.0 Å². The van der Waals surface area contributed by atoms with Crippen molar-refractivity contribution >= 4 is 37.4 Å². The van der Waals surface area contributed by atoms with E-state index in [1.807, 2.05) is 6.92 Å². The van der Waals surface area contributed by atoms with Crippen molar-refractivity contribution in [3.05, 3.63) is 16.3 Å². The van der Waals surface area contributed by atoms with Crippen LogP contribution >= 0.6 is 11.3 Å². The van der Waals surface area contributed by atoms with Crippen LogP contribution < -0.4 is 9.31 Å². The summed E-state index contributed by atoms with van der Waals surface area (Å²) in [4.78, 5) is 1.34. The van der Waals surface area contributed by atoms with Crippen LogP contribution in [0.3, 0.4) is 0 Å². The molecule has 0 fully saturated rings. The fourth-order valence-corrected chi connectivity index (χ4v) is 3.17. The molecule has 0 aliphatic heterocycles. The molecule has 1 atom stereocenters. The van der Waals surface area contributed by atoms with Crippen LogP contribution in [0, 0.1) is 0 Å². The molecule has 0 bridgehead atoms. The SMILES string of the molecule is CC(N)c1scc[c]1[Sn]. The van der Waals surface area contributed by atoms with Gasteiger partial charge in [-0.3, -0.25) is 0 Å². The number of nitrogens with two attached hydrogens (primary N) is 1. The van der Waals surface area contributed by atoms with Crippen molar-refractivity contribution in [1.29, 1.82) is 0 Å². The average Bonchev–Trinajstić information content (AvgIpc) is 2.13. The van der Waals surface area contributed by atoms with Crippen molar-refractivity contribution < 1.29 is 0 Å². The molecule has 3 radical (unpaired) electrons. The van der Waals surface area contributed by atoms with Gasteiger partial charge < -0.3 is 0 Å². The van der Waals surface area contributed by atoms with Crippen molar-refractivity contribution in [3.63, 3.8) is 0 Å². The summed E-state index contributed by atoms with van der Waals surface area (Å²) in [6.07, 6.45) is 0. The van der Waals surface area contributed by atoms with E-state index in [2.05, 4.69) is 11.4 Å². The summed E-state index contributed by atoms with van der Waals surface area (Å²) >= 11 is 3.22. The molecule has 9 heavy (non-hydrogen) atoms. The molecule has 0 aliphatic rings. The molecule has 0 aromatic carbocycles. The van der Waals surface area contributed by atoms with E-state index in [1.54, 1.807) is 11.3 Å². The van der Waals surface area contributed by atoms with Gasteiger partial charge in [-0.2, -0.15) is 0 Å². The summed E-state index contributed by atoms with van der Waals surface area (Å²) in [5.74, 6) is 0. The van der Waals surface area contributed by atoms with Crippen molar-refractivity contribution in [2.75, 3.05) is 0 Å². The first-order chi connectivity index (χ1) is 4.22. The molecule has 0 spiro atoms. The zero-order valence-corrected chi connectivity index (χ0v) is 8.89.